The van der Waals surface area contributed by atoms with E-state index in [1.165, 1.54) is 81.7 Å². The van der Waals surface area contributed by atoms with Crippen LogP contribution in [0.2, 0.25) is 0 Å². The van der Waals surface area contributed by atoms with Crippen molar-refractivity contribution in [2.45, 2.75) is 38.5 Å². The standard InChI is InChI=1S/C82H64N2/c1-5-19-59(20-6-1)33-35-61-37-47-71(48-38-61)83(75-55-41-63-23-13-15-29-69(63)57-75)73-51-43-67(44-52-73)81-79(65-25-9-3-10-26-65)77-31-17-18-32-78(77)80(66-27-11-4-12-28-66)82(81)68-45-53-74(54-46-68)84(76-56-42-64-24-14-16-30-70(64)58-76)72-49-39-62(40-50-72)36-34-60-21-7-2-8-22-60/h1,3-7,9-12,14,16,19-58H,2,8,13,15,17-18H2/b35-33+,36-34+. The molecule has 2 nitrogen and oxygen atoms in total. The zero-order valence-electron chi connectivity index (χ0n) is 47.2. The molecule has 0 fully saturated rings. The largest absolute Gasteiger partial charge is 0.310 e. The van der Waals surface area contributed by atoms with Crippen LogP contribution in [0.1, 0.15) is 55.2 Å². The zero-order chi connectivity index (χ0) is 56.0. The molecule has 0 saturated carbocycles. The first-order valence-corrected chi connectivity index (χ1v) is 29.7. The van der Waals surface area contributed by atoms with Gasteiger partial charge in [-0.2, -0.15) is 0 Å². The molecule has 0 radical (unpaired) electrons. The van der Waals surface area contributed by atoms with Gasteiger partial charge in [0.2, 0.25) is 0 Å². The lowest BCUT2D eigenvalue weighted by Gasteiger charge is -2.28. The summed E-state index contributed by atoms with van der Waals surface area (Å²) in [5.74, 6) is 0. The third-order valence-corrected chi connectivity index (χ3v) is 16.7. The molecule has 3 aliphatic carbocycles. The van der Waals surface area contributed by atoms with Crippen LogP contribution in [0.5, 0.6) is 0 Å². The highest BCUT2D eigenvalue weighted by Gasteiger charge is 2.25. The molecule has 0 N–H and O–H groups in total. The van der Waals surface area contributed by atoms with Gasteiger partial charge in [-0.3, -0.25) is 0 Å². The normalized spacial score (nSPS) is 13.5. The number of fused-ring (bicyclic) bond motifs is 3. The third-order valence-electron chi connectivity index (χ3n) is 16.7. The maximum Gasteiger partial charge on any atom is 0.0468 e. The van der Waals surface area contributed by atoms with Gasteiger partial charge < -0.3 is 9.80 Å². The van der Waals surface area contributed by atoms with Gasteiger partial charge in [-0.05, 0) is 210 Å². The monoisotopic (exact) mass is 1080 g/mol. The summed E-state index contributed by atoms with van der Waals surface area (Å²) in [7, 11) is 0. The van der Waals surface area contributed by atoms with Crippen molar-refractivity contribution >= 4 is 87.4 Å². The predicted octanol–water partition coefficient (Wildman–Crippen LogP) is 19.6. The summed E-state index contributed by atoms with van der Waals surface area (Å²) < 4.78 is 0. The molecule has 11 aromatic carbocycles. The molecule has 0 aromatic heterocycles. The Balaban J connectivity index is 0.933. The van der Waals surface area contributed by atoms with Gasteiger partial charge in [0.1, 0.15) is 0 Å². The summed E-state index contributed by atoms with van der Waals surface area (Å²) in [4.78, 5) is 4.82. The minimum atomic E-state index is 0.982. The van der Waals surface area contributed by atoms with E-state index in [4.69, 9.17) is 0 Å². The highest BCUT2D eigenvalue weighted by atomic mass is 15.1. The summed E-state index contributed by atoms with van der Waals surface area (Å²) in [5.41, 5.74) is 21.1. The summed E-state index contributed by atoms with van der Waals surface area (Å²) in [6.07, 6.45) is 31.7. The Morgan fingerprint density at radius 3 is 1.20 bits per heavy atom. The van der Waals surface area contributed by atoms with E-state index in [9.17, 15) is 0 Å². The highest BCUT2D eigenvalue weighted by Crippen LogP contribution is 2.46. The maximum atomic E-state index is 2.49. The molecule has 402 valence electrons. The predicted molar refractivity (Wildman–Crippen MR) is 361 cm³/mol. The summed E-state index contributed by atoms with van der Waals surface area (Å²) in [5, 5.41) is 7.60. The Labute approximate surface area is 493 Å². The van der Waals surface area contributed by atoms with Crippen molar-refractivity contribution in [1.29, 1.82) is 0 Å². The molecule has 2 heteroatoms. The Kier molecular flexibility index (Phi) is 14.6. The van der Waals surface area contributed by atoms with E-state index in [2.05, 4.69) is 325 Å². The lowest BCUT2D eigenvalue weighted by molar-refractivity contribution is 1.03. The first kappa shape index (κ1) is 51.8. The van der Waals surface area contributed by atoms with Crippen molar-refractivity contribution in [1.82, 2.24) is 0 Å². The minimum absolute atomic E-state index is 0.982. The van der Waals surface area contributed by atoms with Crippen LogP contribution >= 0.6 is 0 Å². The fourth-order valence-electron chi connectivity index (χ4n) is 12.5. The number of rotatable bonds is 14. The maximum absolute atomic E-state index is 2.49. The van der Waals surface area contributed by atoms with E-state index in [0.29, 0.717) is 0 Å². The molecule has 0 saturated heterocycles. The van der Waals surface area contributed by atoms with Crippen molar-refractivity contribution in [3.63, 3.8) is 0 Å². The Morgan fingerprint density at radius 1 is 0.262 bits per heavy atom. The van der Waals surface area contributed by atoms with Gasteiger partial charge >= 0.3 is 0 Å². The van der Waals surface area contributed by atoms with E-state index in [1.54, 1.807) is 0 Å². The van der Waals surface area contributed by atoms with Crippen molar-refractivity contribution in [3.05, 3.63) is 316 Å². The second-order valence-electron chi connectivity index (χ2n) is 22.1. The molecular formula is C82H64N2. The number of allylic oxidation sites excluding steroid dienone is 5. The molecule has 84 heavy (non-hydrogen) atoms. The van der Waals surface area contributed by atoms with Crippen LogP contribution in [0.4, 0.5) is 34.1 Å². The molecule has 0 spiro atoms. The van der Waals surface area contributed by atoms with E-state index in [0.717, 1.165) is 89.3 Å². The fraction of sp³-hybridized carbons (Fsp3) is 0.0732. The topological polar surface area (TPSA) is 6.48 Å². The van der Waals surface area contributed by atoms with Gasteiger partial charge in [0, 0.05) is 34.1 Å². The van der Waals surface area contributed by atoms with Gasteiger partial charge in [-0.1, -0.05) is 243 Å². The minimum Gasteiger partial charge on any atom is -0.310 e. The number of anilines is 6. The van der Waals surface area contributed by atoms with Crippen LogP contribution in [0.15, 0.2) is 279 Å². The second-order valence-corrected chi connectivity index (χ2v) is 22.1. The van der Waals surface area contributed by atoms with Gasteiger partial charge in [0.15, 0.2) is 0 Å². The number of benzene rings is 11. The van der Waals surface area contributed by atoms with Crippen LogP contribution in [0.25, 0.3) is 97.8 Å². The summed E-state index contributed by atoms with van der Waals surface area (Å²) in [6, 6.07) is 91.9. The lowest BCUT2D eigenvalue weighted by atomic mass is 9.79. The van der Waals surface area contributed by atoms with Gasteiger partial charge in [0.05, 0.1) is 0 Å². The molecule has 0 heterocycles. The van der Waals surface area contributed by atoms with Crippen molar-refractivity contribution < 1.29 is 0 Å². The first-order valence-electron chi connectivity index (χ1n) is 29.7. The van der Waals surface area contributed by atoms with E-state index >= 15 is 0 Å². The molecule has 0 aliphatic heterocycles. The van der Waals surface area contributed by atoms with Crippen LogP contribution in [0.3, 0.4) is 0 Å². The van der Waals surface area contributed by atoms with Crippen LogP contribution in [-0.2, 0) is 0 Å². The van der Waals surface area contributed by atoms with Gasteiger partial charge in [-0.25, -0.2) is 0 Å². The number of nitrogens with zero attached hydrogens (tertiary/aromatic N) is 2. The fourth-order valence-corrected chi connectivity index (χ4v) is 12.5. The highest BCUT2D eigenvalue weighted by molar-refractivity contribution is 6.03. The van der Waals surface area contributed by atoms with Crippen LogP contribution in [-0.4, -0.2) is 0 Å². The molecule has 0 bridgehead atoms. The smallest absolute Gasteiger partial charge is 0.0468 e. The quantitative estimate of drug-likeness (QED) is 0.100. The van der Waals surface area contributed by atoms with Crippen molar-refractivity contribution in [2.24, 2.45) is 0 Å². The van der Waals surface area contributed by atoms with Crippen LogP contribution in [0, 0.1) is 0 Å². The van der Waals surface area contributed by atoms with E-state index in [-0.39, 0.29) is 0 Å². The molecule has 14 rings (SSSR count). The molecule has 0 atom stereocenters. The first-order chi connectivity index (χ1) is 41.6. The third kappa shape index (κ3) is 10.7. The van der Waals surface area contributed by atoms with Gasteiger partial charge in [-0.15, -0.1) is 0 Å². The van der Waals surface area contributed by atoms with Crippen molar-refractivity contribution in [2.75, 3.05) is 9.80 Å². The zero-order valence-corrected chi connectivity index (χ0v) is 47.2. The second kappa shape index (κ2) is 23.7. The Bertz CT molecular complexity index is 4590. The SMILES string of the molecule is C1=CC(/C=C/c2ccc(N(c3ccc(-c4c(-c5ccc(N(c6ccc(/C=C/c7ccccc7)cc6)c6ccc7c(c6)=CCCC=7)cc5)c(-c5ccccc5)c5c(c4-c4ccccc4)=CCCC=5)cc3)c3ccc4ccccc4c3)cc2)=CCC1. The summed E-state index contributed by atoms with van der Waals surface area (Å²) in [6.45, 7) is 0. The number of hydrogen-bond acceptors (Lipinski definition) is 2. The van der Waals surface area contributed by atoms with E-state index < -0.39 is 0 Å². The Hall–Kier alpha value is -10.3. The molecule has 0 unspecified atom stereocenters. The summed E-state index contributed by atoms with van der Waals surface area (Å²) >= 11 is 0. The molecule has 0 amide bonds. The average molecular weight is 1080 g/mol. The van der Waals surface area contributed by atoms with Crippen LogP contribution < -0.4 is 30.7 Å². The lowest BCUT2D eigenvalue weighted by Crippen LogP contribution is -2.32. The molecule has 11 aromatic rings. The molecular weight excluding hydrogens is 1010 g/mol. The molecule has 3 aliphatic rings. The average Bonchev–Trinajstić information content (AvgIpc) is 1.26. The van der Waals surface area contributed by atoms with E-state index in [1.807, 2.05) is 0 Å². The Morgan fingerprint density at radius 2 is 0.667 bits per heavy atom. The number of hydrogen-bond donors (Lipinski definition) is 0. The van der Waals surface area contributed by atoms with Crippen molar-refractivity contribution in [3.8, 4) is 44.5 Å². The van der Waals surface area contributed by atoms with Gasteiger partial charge in [0.25, 0.3) is 0 Å².